The zero-order valence-electron chi connectivity index (χ0n) is 12.1. The molecule has 0 aliphatic carbocycles. The molecule has 1 N–H and O–H groups in total. The molecule has 0 saturated heterocycles. The summed E-state index contributed by atoms with van der Waals surface area (Å²) in [6.45, 7) is 8.15. The van der Waals surface area contributed by atoms with Gasteiger partial charge in [-0.1, -0.05) is 20.3 Å². The zero-order chi connectivity index (χ0) is 13.4. The number of ether oxygens (including phenoxy) is 1. The van der Waals surface area contributed by atoms with Crippen LogP contribution < -0.4 is 5.32 Å². The molecule has 0 amide bonds. The highest BCUT2D eigenvalue weighted by Crippen LogP contribution is 2.09. The fourth-order valence-corrected chi connectivity index (χ4v) is 1.95. The second-order valence-corrected chi connectivity index (χ2v) is 4.87. The van der Waals surface area contributed by atoms with Crippen LogP contribution in [0.4, 0.5) is 0 Å². The van der Waals surface area contributed by atoms with E-state index in [0.29, 0.717) is 12.1 Å². The lowest BCUT2D eigenvalue weighted by molar-refractivity contribution is 0.161. The minimum absolute atomic E-state index is 0.425. The molecule has 0 spiro atoms. The van der Waals surface area contributed by atoms with Crippen molar-refractivity contribution < 1.29 is 4.74 Å². The van der Waals surface area contributed by atoms with Crippen LogP contribution in [0.15, 0.2) is 12.3 Å². The van der Waals surface area contributed by atoms with E-state index < -0.39 is 0 Å². The Morgan fingerprint density at radius 1 is 1.44 bits per heavy atom. The Bertz CT molecular complexity index is 319. The average Bonchev–Trinajstić information content (AvgIpc) is 2.84. The van der Waals surface area contributed by atoms with E-state index in [-0.39, 0.29) is 0 Å². The van der Waals surface area contributed by atoms with Crippen LogP contribution in [0.1, 0.15) is 51.8 Å². The Labute approximate surface area is 111 Å². The predicted octanol–water partition coefficient (Wildman–Crippen LogP) is 2.76. The van der Waals surface area contributed by atoms with E-state index >= 15 is 0 Å². The summed E-state index contributed by atoms with van der Waals surface area (Å²) in [4.78, 5) is 0. The fraction of sp³-hybridized carbons (Fsp3) is 0.786. The molecule has 0 fully saturated rings. The Hall–Kier alpha value is -0.870. The number of nitrogens with zero attached hydrogens (tertiary/aromatic N) is 2. The average molecular weight is 253 g/mol. The molecule has 1 aromatic rings. The first kappa shape index (κ1) is 15.2. The van der Waals surface area contributed by atoms with Gasteiger partial charge in [0.05, 0.1) is 12.3 Å². The molecule has 0 aliphatic rings. The van der Waals surface area contributed by atoms with Gasteiger partial charge in [-0.2, -0.15) is 5.10 Å². The number of rotatable bonds is 9. The van der Waals surface area contributed by atoms with Gasteiger partial charge in [-0.05, 0) is 25.8 Å². The van der Waals surface area contributed by atoms with E-state index in [1.807, 2.05) is 4.68 Å². The van der Waals surface area contributed by atoms with Crippen molar-refractivity contribution in [2.24, 2.45) is 0 Å². The number of nitrogens with one attached hydrogen (secondary N) is 1. The van der Waals surface area contributed by atoms with Crippen molar-refractivity contribution in [3.05, 3.63) is 18.0 Å². The van der Waals surface area contributed by atoms with Gasteiger partial charge < -0.3 is 10.1 Å². The van der Waals surface area contributed by atoms with E-state index in [9.17, 15) is 0 Å². The van der Waals surface area contributed by atoms with Crippen LogP contribution in [0.2, 0.25) is 0 Å². The lowest BCUT2D eigenvalue weighted by Gasteiger charge is -2.16. The van der Waals surface area contributed by atoms with E-state index in [0.717, 1.165) is 31.7 Å². The largest absolute Gasteiger partial charge is 0.383 e. The lowest BCUT2D eigenvalue weighted by atomic mass is 10.2. The van der Waals surface area contributed by atoms with Crippen LogP contribution in [0, 0.1) is 0 Å². The molecule has 1 rings (SSSR count). The maximum atomic E-state index is 5.22. The van der Waals surface area contributed by atoms with E-state index in [1.165, 1.54) is 6.42 Å². The van der Waals surface area contributed by atoms with Gasteiger partial charge in [-0.3, -0.25) is 4.68 Å². The maximum absolute atomic E-state index is 5.22. The van der Waals surface area contributed by atoms with Crippen molar-refractivity contribution >= 4 is 0 Å². The van der Waals surface area contributed by atoms with Crippen molar-refractivity contribution in [1.29, 1.82) is 0 Å². The summed E-state index contributed by atoms with van der Waals surface area (Å²) in [5, 5.41) is 8.09. The van der Waals surface area contributed by atoms with E-state index in [1.54, 1.807) is 7.11 Å². The molecule has 18 heavy (non-hydrogen) atoms. The third-order valence-electron chi connectivity index (χ3n) is 3.28. The van der Waals surface area contributed by atoms with Crippen LogP contribution in [-0.4, -0.2) is 29.5 Å². The third-order valence-corrected chi connectivity index (χ3v) is 3.28. The topological polar surface area (TPSA) is 39.1 Å². The summed E-state index contributed by atoms with van der Waals surface area (Å²) in [5.41, 5.74) is 1.10. The normalized spacial score (nSPS) is 14.7. The maximum Gasteiger partial charge on any atom is 0.0762 e. The number of methoxy groups -OCH3 is 1. The Balaban J connectivity index is 2.44. The molecule has 2 atom stereocenters. The Morgan fingerprint density at radius 2 is 2.22 bits per heavy atom. The van der Waals surface area contributed by atoms with Crippen LogP contribution in [0.3, 0.4) is 0 Å². The third kappa shape index (κ3) is 4.78. The number of hydrogen-bond acceptors (Lipinski definition) is 3. The zero-order valence-corrected chi connectivity index (χ0v) is 12.1. The molecular formula is C14H27N3O. The van der Waals surface area contributed by atoms with Crippen LogP contribution >= 0.6 is 0 Å². The first-order chi connectivity index (χ1) is 8.71. The van der Waals surface area contributed by atoms with Gasteiger partial charge in [0.1, 0.15) is 0 Å². The summed E-state index contributed by atoms with van der Waals surface area (Å²) in [6, 6.07) is 2.99. The van der Waals surface area contributed by atoms with Crippen molar-refractivity contribution in [2.75, 3.05) is 13.7 Å². The molecule has 0 saturated carbocycles. The molecule has 1 aromatic heterocycles. The molecule has 104 valence electrons. The molecule has 4 heteroatoms. The number of hydrogen-bond donors (Lipinski definition) is 1. The summed E-state index contributed by atoms with van der Waals surface area (Å²) in [7, 11) is 1.75. The Kier molecular flexibility index (Phi) is 6.98. The molecule has 0 aliphatic heterocycles. The molecular weight excluding hydrogens is 226 g/mol. The summed E-state index contributed by atoms with van der Waals surface area (Å²) in [6.07, 6.45) is 5.48. The standard InChI is InChI=1S/C14H27N3O/c1-5-7-14(11-18-4)15-10-13-8-9-17(16-13)12(3)6-2/h8-9,12,14-15H,5-7,10-11H2,1-4H3. The molecule has 0 radical (unpaired) electrons. The van der Waals surface area contributed by atoms with Gasteiger partial charge in [0.15, 0.2) is 0 Å². The second-order valence-electron chi connectivity index (χ2n) is 4.87. The van der Waals surface area contributed by atoms with Crippen molar-refractivity contribution in [3.63, 3.8) is 0 Å². The molecule has 0 aromatic carbocycles. The highest BCUT2D eigenvalue weighted by molar-refractivity contribution is 4.99. The monoisotopic (exact) mass is 253 g/mol. The van der Waals surface area contributed by atoms with Gasteiger partial charge in [0, 0.05) is 31.9 Å². The van der Waals surface area contributed by atoms with Gasteiger partial charge in [-0.15, -0.1) is 0 Å². The van der Waals surface area contributed by atoms with Crippen LogP contribution in [0.5, 0.6) is 0 Å². The van der Waals surface area contributed by atoms with Gasteiger partial charge >= 0.3 is 0 Å². The summed E-state index contributed by atoms with van der Waals surface area (Å²) < 4.78 is 7.26. The van der Waals surface area contributed by atoms with Crippen LogP contribution in [-0.2, 0) is 11.3 Å². The summed E-state index contributed by atoms with van der Waals surface area (Å²) in [5.74, 6) is 0. The molecule has 1 heterocycles. The summed E-state index contributed by atoms with van der Waals surface area (Å²) >= 11 is 0. The van der Waals surface area contributed by atoms with E-state index in [4.69, 9.17) is 4.74 Å². The van der Waals surface area contributed by atoms with E-state index in [2.05, 4.69) is 43.4 Å². The molecule has 2 unspecified atom stereocenters. The highest BCUT2D eigenvalue weighted by atomic mass is 16.5. The smallest absolute Gasteiger partial charge is 0.0762 e. The number of aromatic nitrogens is 2. The van der Waals surface area contributed by atoms with Gasteiger partial charge in [0.25, 0.3) is 0 Å². The first-order valence-corrected chi connectivity index (χ1v) is 6.97. The fourth-order valence-electron chi connectivity index (χ4n) is 1.95. The molecule has 0 bridgehead atoms. The minimum atomic E-state index is 0.425. The quantitative estimate of drug-likeness (QED) is 0.735. The van der Waals surface area contributed by atoms with Crippen molar-refractivity contribution in [1.82, 2.24) is 15.1 Å². The highest BCUT2D eigenvalue weighted by Gasteiger charge is 2.08. The van der Waals surface area contributed by atoms with Gasteiger partial charge in [-0.25, -0.2) is 0 Å². The van der Waals surface area contributed by atoms with Crippen LogP contribution in [0.25, 0.3) is 0 Å². The van der Waals surface area contributed by atoms with Crippen molar-refractivity contribution in [3.8, 4) is 0 Å². The van der Waals surface area contributed by atoms with Gasteiger partial charge in [0.2, 0.25) is 0 Å². The van der Waals surface area contributed by atoms with Crippen molar-refractivity contribution in [2.45, 2.75) is 58.7 Å². The predicted molar refractivity (Wildman–Crippen MR) is 74.6 cm³/mol. The lowest BCUT2D eigenvalue weighted by Crippen LogP contribution is -2.32. The SMILES string of the molecule is CCCC(COC)NCc1ccn(C(C)CC)n1. The minimum Gasteiger partial charge on any atom is -0.383 e. The first-order valence-electron chi connectivity index (χ1n) is 6.97. The molecule has 4 nitrogen and oxygen atoms in total. The Morgan fingerprint density at radius 3 is 2.83 bits per heavy atom. The second kappa shape index (κ2) is 8.27.